The molecule has 2 aromatic carbocycles. The van der Waals surface area contributed by atoms with Crippen molar-refractivity contribution in [1.82, 2.24) is 15.5 Å². The Morgan fingerprint density at radius 2 is 1.93 bits per heavy atom. The van der Waals surface area contributed by atoms with E-state index in [9.17, 15) is 9.18 Å². The van der Waals surface area contributed by atoms with Crippen LogP contribution < -0.4 is 10.6 Å². The molecule has 1 fully saturated rings. The molecule has 1 saturated heterocycles. The van der Waals surface area contributed by atoms with Crippen molar-refractivity contribution in [2.75, 3.05) is 26.7 Å². The molecule has 5 nitrogen and oxygen atoms in total. The predicted octanol–water partition coefficient (Wildman–Crippen LogP) is 3.51. The molecule has 3 rings (SSSR count). The van der Waals surface area contributed by atoms with Gasteiger partial charge >= 0.3 is 0 Å². The summed E-state index contributed by atoms with van der Waals surface area (Å²) in [7, 11) is 1.72. The van der Waals surface area contributed by atoms with Crippen LogP contribution in [0.3, 0.4) is 0 Å². The average Bonchev–Trinajstić information content (AvgIpc) is 3.09. The number of nitrogens with zero attached hydrogens (tertiary/aromatic N) is 2. The smallest absolute Gasteiger partial charge is 0.223 e. The van der Waals surface area contributed by atoms with Crippen LogP contribution in [0, 0.1) is 18.7 Å². The molecule has 162 valence electrons. The van der Waals surface area contributed by atoms with Gasteiger partial charge in [0, 0.05) is 45.6 Å². The Morgan fingerprint density at radius 1 is 1.17 bits per heavy atom. The number of amides is 1. The van der Waals surface area contributed by atoms with Crippen molar-refractivity contribution in [2.24, 2.45) is 10.9 Å². The Hall–Kier alpha value is -2.16. The number of likely N-dealkylation sites (tertiary alicyclic amines) is 1. The van der Waals surface area contributed by atoms with E-state index in [0.29, 0.717) is 31.0 Å². The molecule has 0 aromatic heterocycles. The summed E-state index contributed by atoms with van der Waals surface area (Å²) >= 11 is 0. The molecule has 0 aliphatic carbocycles. The molecule has 0 saturated carbocycles. The zero-order valence-electron chi connectivity index (χ0n) is 17.5. The molecule has 0 bridgehead atoms. The summed E-state index contributed by atoms with van der Waals surface area (Å²) in [4.78, 5) is 18.5. The lowest BCUT2D eigenvalue weighted by Crippen LogP contribution is -2.40. The lowest BCUT2D eigenvalue weighted by molar-refractivity contribution is -0.127. The van der Waals surface area contributed by atoms with E-state index in [4.69, 9.17) is 0 Å². The van der Waals surface area contributed by atoms with E-state index in [-0.39, 0.29) is 41.6 Å². The summed E-state index contributed by atoms with van der Waals surface area (Å²) in [5, 5.41) is 6.55. The number of guanidine groups is 1. The van der Waals surface area contributed by atoms with E-state index in [1.807, 2.05) is 29.2 Å². The Kier molecular flexibility index (Phi) is 9.55. The lowest BCUT2D eigenvalue weighted by atomic mass is 10.1. The first kappa shape index (κ1) is 24.1. The minimum Gasteiger partial charge on any atom is -0.356 e. The van der Waals surface area contributed by atoms with Crippen LogP contribution in [0.25, 0.3) is 0 Å². The van der Waals surface area contributed by atoms with Crippen molar-refractivity contribution in [3.05, 3.63) is 71.0 Å². The molecule has 1 amide bonds. The Balaban J connectivity index is 0.00000320. The second-order valence-corrected chi connectivity index (χ2v) is 7.54. The van der Waals surface area contributed by atoms with Crippen molar-refractivity contribution in [1.29, 1.82) is 0 Å². The van der Waals surface area contributed by atoms with Gasteiger partial charge in [-0.25, -0.2) is 4.39 Å². The van der Waals surface area contributed by atoms with Crippen molar-refractivity contribution in [2.45, 2.75) is 26.3 Å². The normalized spacial score (nSPS) is 16.4. The molecule has 1 unspecified atom stereocenters. The van der Waals surface area contributed by atoms with Crippen molar-refractivity contribution in [3.63, 3.8) is 0 Å². The molecule has 30 heavy (non-hydrogen) atoms. The highest BCUT2D eigenvalue weighted by molar-refractivity contribution is 14.0. The highest BCUT2D eigenvalue weighted by Crippen LogP contribution is 2.17. The van der Waals surface area contributed by atoms with E-state index < -0.39 is 0 Å². The second-order valence-electron chi connectivity index (χ2n) is 7.54. The fourth-order valence-electron chi connectivity index (χ4n) is 3.58. The van der Waals surface area contributed by atoms with Crippen LogP contribution in [0.5, 0.6) is 0 Å². The van der Waals surface area contributed by atoms with Crippen LogP contribution in [0.1, 0.15) is 23.1 Å². The number of benzene rings is 2. The number of halogens is 2. The minimum absolute atomic E-state index is 0. The maximum atomic E-state index is 13.4. The maximum absolute atomic E-state index is 13.4. The summed E-state index contributed by atoms with van der Waals surface area (Å²) in [5.41, 5.74) is 2.88. The summed E-state index contributed by atoms with van der Waals surface area (Å²) < 4.78 is 13.4. The standard InChI is InChI=1S/C23H29FN4O.HI/c1-17-12-19(8-9-21(17)24)14-26-23(25-2)27-15-20-13-22(29)28(16-20)11-10-18-6-4-3-5-7-18;/h3-9,12,20H,10-11,13-16H2,1-2H3,(H2,25,26,27);1H. The van der Waals surface area contributed by atoms with E-state index >= 15 is 0 Å². The number of rotatable bonds is 7. The summed E-state index contributed by atoms with van der Waals surface area (Å²) in [5.74, 6) is 0.975. The molecule has 1 heterocycles. The third-order valence-electron chi connectivity index (χ3n) is 5.27. The zero-order chi connectivity index (χ0) is 20.6. The number of nitrogens with one attached hydrogen (secondary N) is 2. The van der Waals surface area contributed by atoms with Crippen LogP contribution in [0.2, 0.25) is 0 Å². The van der Waals surface area contributed by atoms with E-state index in [2.05, 4.69) is 27.8 Å². The summed E-state index contributed by atoms with van der Waals surface area (Å²) in [6.45, 7) is 4.54. The summed E-state index contributed by atoms with van der Waals surface area (Å²) in [6.07, 6.45) is 1.45. The second kappa shape index (κ2) is 11.9. The first-order chi connectivity index (χ1) is 14.0. The Morgan fingerprint density at radius 3 is 2.63 bits per heavy atom. The molecule has 1 atom stereocenters. The van der Waals surface area contributed by atoms with E-state index in [1.165, 1.54) is 11.6 Å². The van der Waals surface area contributed by atoms with Crippen LogP contribution in [-0.2, 0) is 17.8 Å². The number of carbonyl (C=O) groups is 1. The third kappa shape index (κ3) is 6.97. The molecular formula is C23H30FIN4O. The molecule has 0 spiro atoms. The number of hydrogen-bond donors (Lipinski definition) is 2. The van der Waals surface area contributed by atoms with E-state index in [1.54, 1.807) is 20.0 Å². The fraction of sp³-hybridized carbons (Fsp3) is 0.391. The van der Waals surface area contributed by atoms with Gasteiger partial charge in [0.2, 0.25) is 5.91 Å². The van der Waals surface area contributed by atoms with Crippen LogP contribution in [0.15, 0.2) is 53.5 Å². The van der Waals surface area contributed by atoms with Gasteiger partial charge in [0.15, 0.2) is 5.96 Å². The molecule has 2 aromatic rings. The number of aliphatic imine (C=N–C) groups is 1. The van der Waals surface area contributed by atoms with Gasteiger partial charge in [-0.1, -0.05) is 42.5 Å². The van der Waals surface area contributed by atoms with Crippen LogP contribution >= 0.6 is 24.0 Å². The van der Waals surface area contributed by atoms with Gasteiger partial charge in [-0.05, 0) is 36.1 Å². The van der Waals surface area contributed by atoms with Gasteiger partial charge in [-0.3, -0.25) is 9.79 Å². The quantitative estimate of drug-likeness (QED) is 0.331. The van der Waals surface area contributed by atoms with Gasteiger partial charge in [0.25, 0.3) is 0 Å². The molecular weight excluding hydrogens is 494 g/mol. The molecule has 0 radical (unpaired) electrons. The first-order valence-electron chi connectivity index (χ1n) is 10.1. The Bertz CT molecular complexity index is 860. The number of hydrogen-bond acceptors (Lipinski definition) is 2. The lowest BCUT2D eigenvalue weighted by Gasteiger charge is -2.18. The molecule has 7 heteroatoms. The van der Waals surface area contributed by atoms with Gasteiger partial charge in [-0.2, -0.15) is 0 Å². The fourth-order valence-corrected chi connectivity index (χ4v) is 3.58. The van der Waals surface area contributed by atoms with Gasteiger partial charge in [-0.15, -0.1) is 24.0 Å². The van der Waals surface area contributed by atoms with E-state index in [0.717, 1.165) is 25.1 Å². The zero-order valence-corrected chi connectivity index (χ0v) is 19.9. The monoisotopic (exact) mass is 524 g/mol. The SMILES string of the molecule is CN=C(NCc1ccc(F)c(C)c1)NCC1CC(=O)N(CCc2ccccc2)C1.I. The van der Waals surface area contributed by atoms with Gasteiger partial charge in [0.1, 0.15) is 5.82 Å². The molecule has 1 aliphatic rings. The summed E-state index contributed by atoms with van der Waals surface area (Å²) in [6, 6.07) is 15.3. The topological polar surface area (TPSA) is 56.7 Å². The van der Waals surface area contributed by atoms with Crippen molar-refractivity contribution >= 4 is 35.8 Å². The third-order valence-corrected chi connectivity index (χ3v) is 5.27. The predicted molar refractivity (Wildman–Crippen MR) is 130 cm³/mol. The van der Waals surface area contributed by atoms with Crippen LogP contribution in [0.4, 0.5) is 4.39 Å². The highest BCUT2D eigenvalue weighted by Gasteiger charge is 2.29. The minimum atomic E-state index is -0.195. The largest absolute Gasteiger partial charge is 0.356 e. The number of aryl methyl sites for hydroxylation is 1. The molecule has 1 aliphatic heterocycles. The van der Waals surface area contributed by atoms with Crippen LogP contribution in [-0.4, -0.2) is 43.4 Å². The molecule has 2 N–H and O–H groups in total. The maximum Gasteiger partial charge on any atom is 0.223 e. The van der Waals surface area contributed by atoms with Gasteiger partial charge in [0.05, 0.1) is 0 Å². The number of carbonyl (C=O) groups excluding carboxylic acids is 1. The average molecular weight is 524 g/mol. The first-order valence-corrected chi connectivity index (χ1v) is 10.1. The Labute approximate surface area is 195 Å². The highest BCUT2D eigenvalue weighted by atomic mass is 127. The van der Waals surface area contributed by atoms with Crippen molar-refractivity contribution in [3.8, 4) is 0 Å². The van der Waals surface area contributed by atoms with Crippen molar-refractivity contribution < 1.29 is 9.18 Å². The van der Waals surface area contributed by atoms with Gasteiger partial charge < -0.3 is 15.5 Å².